The lowest BCUT2D eigenvalue weighted by molar-refractivity contribution is -0.484. The molecular weight excluding hydrogens is 378 g/mol. The van der Waals surface area contributed by atoms with Crippen molar-refractivity contribution in [3.63, 3.8) is 0 Å². The maximum atomic E-state index is 12.5. The Morgan fingerprint density at radius 2 is 1.52 bits per heavy atom. The third-order valence-corrected chi connectivity index (χ3v) is 4.09. The second-order valence-electron chi connectivity index (χ2n) is 6.09. The van der Waals surface area contributed by atoms with Crippen molar-refractivity contribution in [3.05, 3.63) is 70.3 Å². The molecule has 2 rings (SSSR count). The quantitative estimate of drug-likeness (QED) is 0.259. The van der Waals surface area contributed by atoms with E-state index in [1.54, 1.807) is 50.2 Å². The number of esters is 2. The van der Waals surface area contributed by atoms with E-state index in [4.69, 9.17) is 14.2 Å². The van der Waals surface area contributed by atoms with Gasteiger partial charge in [0.15, 0.2) is 5.92 Å². The lowest BCUT2D eigenvalue weighted by Crippen LogP contribution is -2.36. The first-order valence-electron chi connectivity index (χ1n) is 9.24. The van der Waals surface area contributed by atoms with Crippen molar-refractivity contribution in [3.8, 4) is 11.5 Å². The molecule has 2 aromatic rings. The highest BCUT2D eigenvalue weighted by Gasteiger charge is 2.41. The van der Waals surface area contributed by atoms with Crippen molar-refractivity contribution in [1.82, 2.24) is 0 Å². The number of ether oxygens (including phenoxy) is 3. The van der Waals surface area contributed by atoms with Crippen molar-refractivity contribution in [1.29, 1.82) is 0 Å². The summed E-state index contributed by atoms with van der Waals surface area (Å²) in [5.74, 6) is -3.22. The minimum absolute atomic E-state index is 0.0388. The topological polar surface area (TPSA) is 105 Å². The molecule has 0 saturated carbocycles. The molecule has 154 valence electrons. The molecule has 1 unspecified atom stereocenters. The molecule has 8 heteroatoms. The Bertz CT molecular complexity index is 820. The molecule has 29 heavy (non-hydrogen) atoms. The largest absolute Gasteiger partial charge is 0.465 e. The summed E-state index contributed by atoms with van der Waals surface area (Å²) in [6.45, 7) is 2.62. The first kappa shape index (κ1) is 21.9. The van der Waals surface area contributed by atoms with Crippen LogP contribution < -0.4 is 4.74 Å². The van der Waals surface area contributed by atoms with Gasteiger partial charge in [-0.2, -0.15) is 0 Å². The lowest BCUT2D eigenvalue weighted by Gasteiger charge is -2.22. The van der Waals surface area contributed by atoms with Crippen LogP contribution in [0, 0.1) is 16.0 Å². The molecule has 0 spiro atoms. The van der Waals surface area contributed by atoms with Crippen molar-refractivity contribution >= 4 is 11.9 Å². The van der Waals surface area contributed by atoms with E-state index < -0.39 is 35.2 Å². The fraction of sp³-hybridized carbons (Fsp3) is 0.333. The van der Waals surface area contributed by atoms with Gasteiger partial charge >= 0.3 is 11.9 Å². The summed E-state index contributed by atoms with van der Waals surface area (Å²) in [5, 5.41) is 11.3. The summed E-state index contributed by atoms with van der Waals surface area (Å²) in [4.78, 5) is 35.6. The predicted molar refractivity (Wildman–Crippen MR) is 104 cm³/mol. The number of hydrogen-bond donors (Lipinski definition) is 0. The molecule has 2 aromatic carbocycles. The van der Waals surface area contributed by atoms with E-state index >= 15 is 0 Å². The van der Waals surface area contributed by atoms with Gasteiger partial charge in [-0.25, -0.2) is 0 Å². The third kappa shape index (κ3) is 6.31. The molecule has 0 saturated heterocycles. The Kier molecular flexibility index (Phi) is 8.14. The average molecular weight is 401 g/mol. The van der Waals surface area contributed by atoms with E-state index in [0.717, 1.165) is 0 Å². The Morgan fingerprint density at radius 1 is 0.931 bits per heavy atom. The molecule has 0 radical (unpaired) electrons. The lowest BCUT2D eigenvalue weighted by atomic mass is 9.85. The van der Waals surface area contributed by atoms with Gasteiger partial charge in [0.25, 0.3) is 0 Å². The number of carbonyl (C=O) groups is 2. The number of carbonyl (C=O) groups excluding carboxylic acids is 2. The van der Waals surface area contributed by atoms with E-state index in [-0.39, 0.29) is 13.2 Å². The summed E-state index contributed by atoms with van der Waals surface area (Å²) in [6.07, 6.45) is 0. The van der Waals surface area contributed by atoms with Crippen LogP contribution in [0.5, 0.6) is 11.5 Å². The van der Waals surface area contributed by atoms with Crippen LogP contribution >= 0.6 is 0 Å². The Labute approximate surface area is 168 Å². The summed E-state index contributed by atoms with van der Waals surface area (Å²) in [6, 6.07) is 15.5. The molecule has 0 aliphatic rings. The first-order valence-corrected chi connectivity index (χ1v) is 9.24. The van der Waals surface area contributed by atoms with Crippen molar-refractivity contribution in [2.75, 3.05) is 19.8 Å². The Balaban J connectivity index is 2.41. The molecular formula is C21H23NO7. The van der Waals surface area contributed by atoms with Gasteiger partial charge in [0, 0.05) is 4.92 Å². The summed E-state index contributed by atoms with van der Waals surface area (Å²) < 4.78 is 15.7. The van der Waals surface area contributed by atoms with Gasteiger partial charge < -0.3 is 14.2 Å². The SMILES string of the molecule is CCOC(=O)C(C(=O)OCC)C(C[N+](=O)[O-])c1cccc(Oc2ccccc2)c1. The van der Waals surface area contributed by atoms with Gasteiger partial charge in [-0.1, -0.05) is 30.3 Å². The molecule has 0 aromatic heterocycles. The highest BCUT2D eigenvalue weighted by Crippen LogP contribution is 2.31. The highest BCUT2D eigenvalue weighted by molar-refractivity contribution is 5.96. The molecule has 1 atom stereocenters. The molecule has 0 aliphatic heterocycles. The van der Waals surface area contributed by atoms with Crippen LogP contribution in [0.3, 0.4) is 0 Å². The number of rotatable bonds is 10. The molecule has 8 nitrogen and oxygen atoms in total. The minimum Gasteiger partial charge on any atom is -0.465 e. The van der Waals surface area contributed by atoms with Gasteiger partial charge in [-0.3, -0.25) is 19.7 Å². The smallest absolute Gasteiger partial charge is 0.321 e. The van der Waals surface area contributed by atoms with Crippen LogP contribution in [0.2, 0.25) is 0 Å². The number of benzene rings is 2. The van der Waals surface area contributed by atoms with Crippen LogP contribution in [-0.4, -0.2) is 36.6 Å². The van der Waals surface area contributed by atoms with Crippen molar-refractivity contribution < 1.29 is 28.7 Å². The van der Waals surface area contributed by atoms with Gasteiger partial charge in [-0.05, 0) is 43.7 Å². The second-order valence-corrected chi connectivity index (χ2v) is 6.09. The van der Waals surface area contributed by atoms with Crippen LogP contribution in [0.25, 0.3) is 0 Å². The predicted octanol–water partition coefficient (Wildman–Crippen LogP) is 3.58. The van der Waals surface area contributed by atoms with E-state index in [9.17, 15) is 19.7 Å². The number of nitrogens with zero attached hydrogens (tertiary/aromatic N) is 1. The molecule has 0 N–H and O–H groups in total. The number of hydrogen-bond acceptors (Lipinski definition) is 7. The number of para-hydroxylation sites is 1. The maximum absolute atomic E-state index is 12.5. The van der Waals surface area contributed by atoms with Crippen LogP contribution in [0.1, 0.15) is 25.3 Å². The molecule has 0 aliphatic carbocycles. The minimum atomic E-state index is -1.45. The average Bonchev–Trinajstić information content (AvgIpc) is 2.68. The highest BCUT2D eigenvalue weighted by atomic mass is 16.6. The standard InChI is InChI=1S/C21H23NO7/c1-3-27-20(23)19(21(24)28-4-2)18(14-22(25)26)15-9-8-12-17(13-15)29-16-10-6-5-7-11-16/h5-13,18-19H,3-4,14H2,1-2H3. The van der Waals surface area contributed by atoms with E-state index in [1.807, 2.05) is 18.2 Å². The zero-order chi connectivity index (χ0) is 21.2. The van der Waals surface area contributed by atoms with E-state index in [2.05, 4.69) is 0 Å². The molecule has 0 heterocycles. The first-order chi connectivity index (χ1) is 14.0. The van der Waals surface area contributed by atoms with E-state index in [1.165, 1.54) is 0 Å². The third-order valence-electron chi connectivity index (χ3n) is 4.09. The number of nitro groups is 1. The Hall–Kier alpha value is -3.42. The van der Waals surface area contributed by atoms with Crippen LogP contribution in [0.4, 0.5) is 0 Å². The molecule has 0 bridgehead atoms. The van der Waals surface area contributed by atoms with Crippen LogP contribution in [0.15, 0.2) is 54.6 Å². The molecule has 0 amide bonds. The fourth-order valence-corrected chi connectivity index (χ4v) is 2.89. The van der Waals surface area contributed by atoms with Crippen molar-refractivity contribution in [2.45, 2.75) is 19.8 Å². The fourth-order valence-electron chi connectivity index (χ4n) is 2.89. The van der Waals surface area contributed by atoms with Crippen molar-refractivity contribution in [2.24, 2.45) is 5.92 Å². The maximum Gasteiger partial charge on any atom is 0.321 e. The summed E-state index contributed by atoms with van der Waals surface area (Å²) in [7, 11) is 0. The Morgan fingerprint density at radius 3 is 2.07 bits per heavy atom. The second kappa shape index (κ2) is 10.8. The normalized spacial score (nSPS) is 11.6. The summed E-state index contributed by atoms with van der Waals surface area (Å²) >= 11 is 0. The van der Waals surface area contributed by atoms with Crippen LogP contribution in [-0.2, 0) is 19.1 Å². The zero-order valence-corrected chi connectivity index (χ0v) is 16.3. The van der Waals surface area contributed by atoms with E-state index in [0.29, 0.717) is 17.1 Å². The molecule has 0 fully saturated rings. The zero-order valence-electron chi connectivity index (χ0n) is 16.3. The monoisotopic (exact) mass is 401 g/mol. The van der Waals surface area contributed by atoms with Gasteiger partial charge in [0.05, 0.1) is 19.1 Å². The van der Waals surface area contributed by atoms with Gasteiger partial charge in [0.1, 0.15) is 11.5 Å². The summed E-state index contributed by atoms with van der Waals surface area (Å²) in [5.41, 5.74) is 0.404. The van der Waals surface area contributed by atoms with Gasteiger partial charge in [-0.15, -0.1) is 0 Å². The van der Waals surface area contributed by atoms with Gasteiger partial charge in [0.2, 0.25) is 6.54 Å².